The van der Waals surface area contributed by atoms with Crippen molar-refractivity contribution in [3.8, 4) is 11.5 Å². The number of para-hydroxylation sites is 1. The zero-order valence-corrected chi connectivity index (χ0v) is 15.9. The van der Waals surface area contributed by atoms with Gasteiger partial charge in [0.15, 0.2) is 0 Å². The Balaban J connectivity index is 1.98. The van der Waals surface area contributed by atoms with Crippen molar-refractivity contribution in [3.05, 3.63) is 118 Å². The molecule has 0 radical (unpaired) electrons. The molecule has 5 rings (SSSR count). The first-order valence-electron chi connectivity index (χ1n) is 8.70. The van der Waals surface area contributed by atoms with E-state index in [1.165, 1.54) is 0 Å². The molecule has 0 saturated carbocycles. The van der Waals surface area contributed by atoms with E-state index < -0.39 is 5.41 Å². The van der Waals surface area contributed by atoms with Crippen LogP contribution in [0.25, 0.3) is 0 Å². The molecule has 0 fully saturated rings. The number of fused-ring (bicyclic) bond motifs is 2. The minimum Gasteiger partial charge on any atom is -0.457 e. The molecule has 130 valence electrons. The van der Waals surface area contributed by atoms with Gasteiger partial charge in [-0.05, 0) is 48.5 Å². The Morgan fingerprint density at radius 3 is 1.96 bits per heavy atom. The number of aromatic nitrogens is 2. The zero-order valence-electron chi connectivity index (χ0n) is 14.3. The fourth-order valence-corrected chi connectivity index (χ4v) is 4.23. The quantitative estimate of drug-likeness (QED) is 0.370. The molecule has 0 spiro atoms. The van der Waals surface area contributed by atoms with Gasteiger partial charge in [0.25, 0.3) is 0 Å². The molecule has 2 aromatic heterocycles. The number of benzene rings is 2. The van der Waals surface area contributed by atoms with Crippen LogP contribution in [-0.2, 0) is 5.41 Å². The van der Waals surface area contributed by atoms with Gasteiger partial charge in [-0.15, -0.1) is 0 Å². The molecule has 0 aliphatic carbocycles. The highest BCUT2D eigenvalue weighted by molar-refractivity contribution is 9.10. The molecule has 4 heteroatoms. The molecule has 0 bridgehead atoms. The van der Waals surface area contributed by atoms with Gasteiger partial charge in [-0.25, -0.2) is 0 Å². The molecule has 0 unspecified atom stereocenters. The standard InChI is InChI=1S/C23H15BrN2O/c24-16-11-12-20-18(15-16)23(21-9-3-5-13-25-21,22-10-4-6-14-26-22)17-7-1-2-8-19(17)27-20/h1-15H. The van der Waals surface area contributed by atoms with E-state index in [2.05, 4.69) is 40.2 Å². The fourth-order valence-electron chi connectivity index (χ4n) is 3.87. The van der Waals surface area contributed by atoms with Gasteiger partial charge in [0.1, 0.15) is 16.9 Å². The van der Waals surface area contributed by atoms with Crippen molar-refractivity contribution >= 4 is 15.9 Å². The van der Waals surface area contributed by atoms with Crippen LogP contribution in [0.5, 0.6) is 11.5 Å². The van der Waals surface area contributed by atoms with Crippen LogP contribution < -0.4 is 4.74 Å². The molecule has 0 atom stereocenters. The van der Waals surface area contributed by atoms with Gasteiger partial charge < -0.3 is 4.74 Å². The second kappa shape index (κ2) is 6.32. The van der Waals surface area contributed by atoms with Crippen LogP contribution in [0.15, 0.2) is 95.7 Å². The van der Waals surface area contributed by atoms with Gasteiger partial charge in [0, 0.05) is 28.0 Å². The smallest absolute Gasteiger partial charge is 0.132 e. The third kappa shape index (κ3) is 2.41. The summed E-state index contributed by atoms with van der Waals surface area (Å²) in [5.41, 5.74) is 3.23. The van der Waals surface area contributed by atoms with Crippen LogP contribution in [0.3, 0.4) is 0 Å². The molecule has 0 N–H and O–H groups in total. The van der Waals surface area contributed by atoms with Gasteiger partial charge in [0.05, 0.1) is 11.4 Å². The lowest BCUT2D eigenvalue weighted by atomic mass is 9.67. The summed E-state index contributed by atoms with van der Waals surface area (Å²) in [4.78, 5) is 9.54. The van der Waals surface area contributed by atoms with Crippen LogP contribution in [-0.4, -0.2) is 9.97 Å². The molecular weight excluding hydrogens is 400 g/mol. The fraction of sp³-hybridized carbons (Fsp3) is 0.0435. The SMILES string of the molecule is Brc1ccc2c(c1)C(c1ccccn1)(c1ccccn1)c1ccccc1O2. The number of nitrogens with zero attached hydrogens (tertiary/aromatic N) is 2. The van der Waals surface area contributed by atoms with Crippen molar-refractivity contribution in [2.75, 3.05) is 0 Å². The molecule has 4 aromatic rings. The maximum Gasteiger partial charge on any atom is 0.132 e. The normalized spacial score (nSPS) is 14.0. The maximum atomic E-state index is 6.25. The van der Waals surface area contributed by atoms with E-state index in [1.807, 2.05) is 67.0 Å². The predicted molar refractivity (Wildman–Crippen MR) is 108 cm³/mol. The van der Waals surface area contributed by atoms with Crippen LogP contribution in [0.4, 0.5) is 0 Å². The highest BCUT2D eigenvalue weighted by Gasteiger charge is 2.47. The van der Waals surface area contributed by atoms with E-state index in [0.29, 0.717) is 0 Å². The summed E-state index contributed by atoms with van der Waals surface area (Å²) in [7, 11) is 0. The molecule has 0 saturated heterocycles. The number of ether oxygens (including phenoxy) is 1. The van der Waals surface area contributed by atoms with Crippen molar-refractivity contribution < 1.29 is 4.74 Å². The first-order chi connectivity index (χ1) is 13.3. The lowest BCUT2D eigenvalue weighted by Gasteiger charge is -2.39. The average Bonchev–Trinajstić information content (AvgIpc) is 2.73. The lowest BCUT2D eigenvalue weighted by Crippen LogP contribution is -2.35. The van der Waals surface area contributed by atoms with E-state index in [0.717, 1.165) is 38.5 Å². The Morgan fingerprint density at radius 1 is 0.667 bits per heavy atom. The van der Waals surface area contributed by atoms with Crippen LogP contribution in [0, 0.1) is 0 Å². The Kier molecular flexibility index (Phi) is 3.80. The molecule has 27 heavy (non-hydrogen) atoms. The first-order valence-corrected chi connectivity index (χ1v) is 9.50. The van der Waals surface area contributed by atoms with E-state index >= 15 is 0 Å². The van der Waals surface area contributed by atoms with Gasteiger partial charge in [-0.3, -0.25) is 9.97 Å². The van der Waals surface area contributed by atoms with Crippen molar-refractivity contribution in [1.29, 1.82) is 0 Å². The average molecular weight is 415 g/mol. The minimum atomic E-state index is -0.656. The largest absolute Gasteiger partial charge is 0.457 e. The van der Waals surface area contributed by atoms with Crippen LogP contribution in [0.1, 0.15) is 22.5 Å². The summed E-state index contributed by atoms with van der Waals surface area (Å²) in [5, 5.41) is 0. The lowest BCUT2D eigenvalue weighted by molar-refractivity contribution is 0.429. The van der Waals surface area contributed by atoms with Crippen molar-refractivity contribution in [1.82, 2.24) is 9.97 Å². The molecule has 2 aromatic carbocycles. The summed E-state index contributed by atoms with van der Waals surface area (Å²) in [6.45, 7) is 0. The highest BCUT2D eigenvalue weighted by atomic mass is 79.9. The Bertz CT molecular complexity index is 1070. The van der Waals surface area contributed by atoms with Crippen molar-refractivity contribution in [2.45, 2.75) is 5.41 Å². The monoisotopic (exact) mass is 414 g/mol. The van der Waals surface area contributed by atoms with Gasteiger partial charge >= 0.3 is 0 Å². The summed E-state index contributed by atoms with van der Waals surface area (Å²) < 4.78 is 7.24. The van der Waals surface area contributed by atoms with Crippen molar-refractivity contribution in [3.63, 3.8) is 0 Å². The second-order valence-electron chi connectivity index (χ2n) is 6.42. The number of hydrogen-bond acceptors (Lipinski definition) is 3. The third-order valence-electron chi connectivity index (χ3n) is 4.95. The van der Waals surface area contributed by atoms with Gasteiger partial charge in [-0.1, -0.05) is 46.3 Å². The molecule has 3 heterocycles. The summed E-state index contributed by atoms with van der Waals surface area (Å²) in [6.07, 6.45) is 3.66. The Labute approximate surface area is 165 Å². The third-order valence-corrected chi connectivity index (χ3v) is 5.45. The zero-order chi connectivity index (χ0) is 18.3. The first kappa shape index (κ1) is 16.2. The topological polar surface area (TPSA) is 35.0 Å². The van der Waals surface area contributed by atoms with Crippen LogP contribution >= 0.6 is 15.9 Å². The number of halogens is 1. The van der Waals surface area contributed by atoms with E-state index in [-0.39, 0.29) is 0 Å². The maximum absolute atomic E-state index is 6.25. The van der Waals surface area contributed by atoms with E-state index in [1.54, 1.807) is 0 Å². The summed E-state index contributed by atoms with van der Waals surface area (Å²) in [6, 6.07) is 26.2. The molecule has 1 aliphatic rings. The van der Waals surface area contributed by atoms with E-state index in [9.17, 15) is 0 Å². The Hall–Kier alpha value is -2.98. The molecular formula is C23H15BrN2O. The predicted octanol–water partition coefficient (Wildman–Crippen LogP) is 5.73. The number of hydrogen-bond donors (Lipinski definition) is 0. The number of rotatable bonds is 2. The minimum absolute atomic E-state index is 0.656. The summed E-state index contributed by atoms with van der Waals surface area (Å²) >= 11 is 3.63. The number of pyridine rings is 2. The Morgan fingerprint density at radius 2 is 1.30 bits per heavy atom. The van der Waals surface area contributed by atoms with Gasteiger partial charge in [-0.2, -0.15) is 0 Å². The molecule has 0 amide bonds. The van der Waals surface area contributed by atoms with Gasteiger partial charge in [0.2, 0.25) is 0 Å². The highest BCUT2D eigenvalue weighted by Crippen LogP contribution is 2.54. The molecule has 1 aliphatic heterocycles. The summed E-state index contributed by atoms with van der Waals surface area (Å²) in [5.74, 6) is 1.64. The van der Waals surface area contributed by atoms with E-state index in [4.69, 9.17) is 14.7 Å². The molecule has 3 nitrogen and oxygen atoms in total. The second-order valence-corrected chi connectivity index (χ2v) is 7.33. The van der Waals surface area contributed by atoms with Crippen LogP contribution in [0.2, 0.25) is 0 Å². The van der Waals surface area contributed by atoms with Crippen molar-refractivity contribution in [2.24, 2.45) is 0 Å².